The molecule has 0 bridgehead atoms. The van der Waals surface area contributed by atoms with Gasteiger partial charge in [0.05, 0.1) is 6.42 Å². The zero-order valence-electron chi connectivity index (χ0n) is 14.0. The van der Waals surface area contributed by atoms with Gasteiger partial charge in [-0.1, -0.05) is 63.3 Å². The quantitative estimate of drug-likeness (QED) is 0.181. The van der Waals surface area contributed by atoms with E-state index in [0.717, 1.165) is 19.3 Å². The van der Waals surface area contributed by atoms with Crippen LogP contribution in [0.5, 0.6) is 0 Å². The van der Waals surface area contributed by atoms with Crippen LogP contribution in [-0.4, -0.2) is 11.2 Å². The van der Waals surface area contributed by atoms with E-state index in [4.69, 9.17) is 5.26 Å². The molecule has 22 heavy (non-hydrogen) atoms. The molecule has 0 atom stereocenters. The number of allylic oxidation sites excluding steroid dienone is 4. The van der Waals surface area contributed by atoms with Crippen LogP contribution in [0.1, 0.15) is 84.0 Å². The standard InChI is InChI=1S/C18H32O4/c1-2-3-4-5-6-7-8-9-10-11-12-13-14-15-16-17-18(19)21-22-20/h9-10,14-15,20H,2-8,11-13,16-17H2,1H3/b10-9+,15-14+. The Morgan fingerprint density at radius 2 is 1.36 bits per heavy atom. The normalized spacial score (nSPS) is 11.5. The van der Waals surface area contributed by atoms with Gasteiger partial charge in [0.1, 0.15) is 0 Å². The zero-order chi connectivity index (χ0) is 16.3. The molecule has 0 fully saturated rings. The molecular weight excluding hydrogens is 280 g/mol. The molecule has 128 valence electrons. The van der Waals surface area contributed by atoms with Crippen molar-refractivity contribution in [3.63, 3.8) is 0 Å². The molecule has 0 amide bonds. The SMILES string of the molecule is CCCCCCCC/C=C/CCC/C=C/CCC(=O)OOO. The molecule has 0 aromatic heterocycles. The number of hydrogen-bond acceptors (Lipinski definition) is 4. The Labute approximate surface area is 135 Å². The summed E-state index contributed by atoms with van der Waals surface area (Å²) in [6, 6.07) is 0. The smallest absolute Gasteiger partial charge is 0.269 e. The molecule has 0 aromatic rings. The zero-order valence-corrected chi connectivity index (χ0v) is 14.0. The van der Waals surface area contributed by atoms with Gasteiger partial charge < -0.3 is 0 Å². The van der Waals surface area contributed by atoms with Crippen molar-refractivity contribution in [2.45, 2.75) is 84.0 Å². The summed E-state index contributed by atoms with van der Waals surface area (Å²) in [4.78, 5) is 14.8. The van der Waals surface area contributed by atoms with E-state index in [0.29, 0.717) is 6.42 Å². The topological polar surface area (TPSA) is 55.8 Å². The minimum absolute atomic E-state index is 0.217. The van der Waals surface area contributed by atoms with E-state index in [9.17, 15) is 4.79 Å². The second kappa shape index (κ2) is 17.9. The summed E-state index contributed by atoms with van der Waals surface area (Å²) in [7, 11) is 0. The summed E-state index contributed by atoms with van der Waals surface area (Å²) < 4.78 is 0. The summed E-state index contributed by atoms with van der Waals surface area (Å²) >= 11 is 0. The molecule has 0 spiro atoms. The van der Waals surface area contributed by atoms with E-state index in [2.05, 4.69) is 35.1 Å². The van der Waals surface area contributed by atoms with E-state index < -0.39 is 5.97 Å². The van der Waals surface area contributed by atoms with E-state index in [1.807, 2.05) is 6.08 Å². The second-order valence-corrected chi connectivity index (χ2v) is 5.50. The number of rotatable bonds is 15. The average molecular weight is 312 g/mol. The lowest BCUT2D eigenvalue weighted by molar-refractivity contribution is -0.462. The molecule has 1 N–H and O–H groups in total. The van der Waals surface area contributed by atoms with Gasteiger partial charge in [0.15, 0.2) is 0 Å². The maximum absolute atomic E-state index is 10.8. The lowest BCUT2D eigenvalue weighted by Gasteiger charge is -1.97. The minimum atomic E-state index is -0.565. The van der Waals surface area contributed by atoms with Crippen LogP contribution in [0.15, 0.2) is 24.3 Å². The first kappa shape index (κ1) is 20.9. The van der Waals surface area contributed by atoms with Gasteiger partial charge in [-0.15, -0.1) is 0 Å². The maximum atomic E-state index is 10.8. The monoisotopic (exact) mass is 312 g/mol. The van der Waals surface area contributed by atoms with Gasteiger partial charge in [-0.3, -0.25) is 4.89 Å². The molecule has 0 rings (SSSR count). The Balaban J connectivity index is 3.24. The highest BCUT2D eigenvalue weighted by molar-refractivity contribution is 5.68. The predicted molar refractivity (Wildman–Crippen MR) is 89.2 cm³/mol. The van der Waals surface area contributed by atoms with Crippen LogP contribution in [0.25, 0.3) is 0 Å². The third kappa shape index (κ3) is 16.9. The Hall–Kier alpha value is -1.13. The van der Waals surface area contributed by atoms with Crippen LogP contribution in [0.3, 0.4) is 0 Å². The van der Waals surface area contributed by atoms with Gasteiger partial charge >= 0.3 is 5.97 Å². The fourth-order valence-corrected chi connectivity index (χ4v) is 2.15. The molecule has 4 nitrogen and oxygen atoms in total. The highest BCUT2D eigenvalue weighted by Gasteiger charge is 2.00. The highest BCUT2D eigenvalue weighted by atomic mass is 17.5. The largest absolute Gasteiger partial charge is 0.345 e. The number of carbonyl (C=O) groups excluding carboxylic acids is 1. The average Bonchev–Trinajstić information content (AvgIpc) is 2.51. The van der Waals surface area contributed by atoms with Gasteiger partial charge in [-0.2, -0.15) is 0 Å². The molecule has 0 aliphatic heterocycles. The number of unbranched alkanes of at least 4 members (excludes halogenated alkanes) is 8. The minimum Gasteiger partial charge on any atom is -0.269 e. The third-order valence-corrected chi connectivity index (χ3v) is 3.44. The summed E-state index contributed by atoms with van der Waals surface area (Å²) in [6.45, 7) is 2.25. The Kier molecular flexibility index (Phi) is 17.0. The maximum Gasteiger partial charge on any atom is 0.345 e. The van der Waals surface area contributed by atoms with Crippen LogP contribution in [0, 0.1) is 0 Å². The Morgan fingerprint density at radius 1 is 0.818 bits per heavy atom. The van der Waals surface area contributed by atoms with Gasteiger partial charge in [0, 0.05) is 0 Å². The van der Waals surface area contributed by atoms with E-state index in [-0.39, 0.29) is 6.42 Å². The predicted octanol–water partition coefficient (Wildman–Crippen LogP) is 5.75. The van der Waals surface area contributed by atoms with Crippen molar-refractivity contribution in [2.24, 2.45) is 0 Å². The molecule has 0 aliphatic carbocycles. The molecule has 0 saturated heterocycles. The lowest BCUT2D eigenvalue weighted by atomic mass is 10.1. The fourth-order valence-electron chi connectivity index (χ4n) is 2.15. The summed E-state index contributed by atoms with van der Waals surface area (Å²) in [6.07, 6.45) is 22.0. The lowest BCUT2D eigenvalue weighted by Crippen LogP contribution is -2.02. The van der Waals surface area contributed by atoms with Crippen molar-refractivity contribution in [1.82, 2.24) is 0 Å². The molecule has 0 aromatic carbocycles. The molecule has 0 unspecified atom stereocenters. The number of hydrogen-bond donors (Lipinski definition) is 1. The summed E-state index contributed by atoms with van der Waals surface area (Å²) in [5, 5.41) is 11.2. The van der Waals surface area contributed by atoms with Gasteiger partial charge in [-0.25, -0.2) is 10.1 Å². The van der Waals surface area contributed by atoms with Crippen LogP contribution in [-0.2, 0) is 14.7 Å². The summed E-state index contributed by atoms with van der Waals surface area (Å²) in [5.41, 5.74) is 0. The van der Waals surface area contributed by atoms with E-state index in [1.54, 1.807) is 0 Å². The molecule has 0 heterocycles. The van der Waals surface area contributed by atoms with Crippen molar-refractivity contribution < 1.29 is 20.0 Å². The summed E-state index contributed by atoms with van der Waals surface area (Å²) in [5.74, 6) is -0.565. The van der Waals surface area contributed by atoms with Gasteiger partial charge in [-0.05, 0) is 43.6 Å². The molecule has 0 radical (unpaired) electrons. The fraction of sp³-hybridized carbons (Fsp3) is 0.722. The van der Waals surface area contributed by atoms with Crippen molar-refractivity contribution in [2.75, 3.05) is 0 Å². The van der Waals surface area contributed by atoms with Gasteiger partial charge in [0.25, 0.3) is 0 Å². The van der Waals surface area contributed by atoms with Crippen molar-refractivity contribution in [3.05, 3.63) is 24.3 Å². The molecule has 0 aliphatic rings. The first-order valence-corrected chi connectivity index (χ1v) is 8.62. The first-order valence-electron chi connectivity index (χ1n) is 8.62. The van der Waals surface area contributed by atoms with E-state index >= 15 is 0 Å². The van der Waals surface area contributed by atoms with Crippen molar-refractivity contribution in [1.29, 1.82) is 0 Å². The van der Waals surface area contributed by atoms with Crippen LogP contribution >= 0.6 is 0 Å². The van der Waals surface area contributed by atoms with Gasteiger partial charge in [0.2, 0.25) is 0 Å². The second-order valence-electron chi connectivity index (χ2n) is 5.50. The molecule has 4 heteroatoms. The van der Waals surface area contributed by atoms with Crippen LogP contribution < -0.4 is 0 Å². The van der Waals surface area contributed by atoms with Crippen LogP contribution in [0.4, 0.5) is 0 Å². The molecule has 0 saturated carbocycles. The van der Waals surface area contributed by atoms with E-state index in [1.165, 1.54) is 44.9 Å². The Morgan fingerprint density at radius 3 is 2.00 bits per heavy atom. The van der Waals surface area contributed by atoms with Crippen molar-refractivity contribution >= 4 is 5.97 Å². The third-order valence-electron chi connectivity index (χ3n) is 3.44. The Bertz CT molecular complexity index is 297. The van der Waals surface area contributed by atoms with Crippen LogP contribution in [0.2, 0.25) is 0 Å². The molecular formula is C18H32O4. The van der Waals surface area contributed by atoms with Crippen molar-refractivity contribution in [3.8, 4) is 0 Å². The first-order chi connectivity index (χ1) is 10.8. The number of carbonyl (C=O) groups is 1. The highest BCUT2D eigenvalue weighted by Crippen LogP contribution is 2.08.